The highest BCUT2D eigenvalue weighted by atomic mass is 79.9. The lowest BCUT2D eigenvalue weighted by Gasteiger charge is -1.97. The molecule has 0 bridgehead atoms. The normalized spacial score (nSPS) is 10.4. The highest BCUT2D eigenvalue weighted by molar-refractivity contribution is 9.10. The van der Waals surface area contributed by atoms with Crippen LogP contribution in [0.25, 0.3) is 11.5 Å². The topological polar surface area (TPSA) is 52.3 Å². The third-order valence-corrected chi connectivity index (χ3v) is 2.99. The number of nitrogens with zero attached hydrogens (tertiary/aromatic N) is 1. The van der Waals surface area contributed by atoms with Crippen LogP contribution >= 0.6 is 15.9 Å². The molecule has 0 atom stereocenters. The van der Waals surface area contributed by atoms with Crippen LogP contribution in [0, 0.1) is 12.7 Å². The zero-order chi connectivity index (χ0) is 13.3. The molecule has 0 saturated carbocycles. The molecule has 4 nitrogen and oxygen atoms in total. The maximum atomic E-state index is 13.4. The van der Waals surface area contributed by atoms with Crippen molar-refractivity contribution in [1.82, 2.24) is 4.98 Å². The number of oxazole rings is 1. The Morgan fingerprint density at radius 2 is 2.22 bits per heavy atom. The lowest BCUT2D eigenvalue weighted by Crippen LogP contribution is -2.03. The van der Waals surface area contributed by atoms with Crippen LogP contribution in [0.3, 0.4) is 0 Å². The van der Waals surface area contributed by atoms with Gasteiger partial charge in [-0.15, -0.1) is 0 Å². The van der Waals surface area contributed by atoms with E-state index < -0.39 is 11.8 Å². The molecule has 94 valence electrons. The van der Waals surface area contributed by atoms with Crippen molar-refractivity contribution in [3.05, 3.63) is 39.9 Å². The quantitative estimate of drug-likeness (QED) is 0.798. The number of hydrogen-bond donors (Lipinski definition) is 0. The van der Waals surface area contributed by atoms with E-state index in [1.807, 2.05) is 0 Å². The Labute approximate surface area is 111 Å². The number of aromatic nitrogens is 1. The zero-order valence-electron chi connectivity index (χ0n) is 9.66. The van der Waals surface area contributed by atoms with Gasteiger partial charge in [0.25, 0.3) is 0 Å². The van der Waals surface area contributed by atoms with Gasteiger partial charge in [0.2, 0.25) is 5.89 Å². The number of halogens is 2. The molecule has 0 aliphatic carbocycles. The number of esters is 1. The van der Waals surface area contributed by atoms with E-state index in [-0.39, 0.29) is 11.6 Å². The number of rotatable bonds is 2. The minimum atomic E-state index is -0.583. The van der Waals surface area contributed by atoms with E-state index in [1.54, 1.807) is 19.1 Å². The zero-order valence-corrected chi connectivity index (χ0v) is 11.2. The molecule has 1 aromatic heterocycles. The van der Waals surface area contributed by atoms with Gasteiger partial charge in [0, 0.05) is 5.56 Å². The van der Waals surface area contributed by atoms with Crippen LogP contribution in [0.2, 0.25) is 0 Å². The number of benzene rings is 1. The molecule has 0 spiro atoms. The third-order valence-electron chi connectivity index (χ3n) is 2.34. The van der Waals surface area contributed by atoms with Crippen molar-refractivity contribution in [3.8, 4) is 11.5 Å². The van der Waals surface area contributed by atoms with Gasteiger partial charge in [-0.2, -0.15) is 0 Å². The van der Waals surface area contributed by atoms with Gasteiger partial charge in [-0.3, -0.25) is 0 Å². The van der Waals surface area contributed by atoms with Crippen LogP contribution in [-0.4, -0.2) is 18.1 Å². The van der Waals surface area contributed by atoms with Gasteiger partial charge in [-0.25, -0.2) is 14.2 Å². The number of carbonyl (C=O) groups excluding carboxylic acids is 1. The molecule has 0 aliphatic rings. The first-order valence-electron chi connectivity index (χ1n) is 5.04. The minimum Gasteiger partial charge on any atom is -0.464 e. The van der Waals surface area contributed by atoms with Crippen molar-refractivity contribution < 1.29 is 18.3 Å². The van der Waals surface area contributed by atoms with Gasteiger partial charge in [-0.05, 0) is 41.1 Å². The number of aryl methyl sites for hydroxylation is 1. The van der Waals surface area contributed by atoms with Crippen LogP contribution in [-0.2, 0) is 4.74 Å². The maximum Gasteiger partial charge on any atom is 0.360 e. The van der Waals surface area contributed by atoms with E-state index in [1.165, 1.54) is 13.2 Å². The molecule has 2 rings (SSSR count). The van der Waals surface area contributed by atoms with E-state index >= 15 is 0 Å². The first-order chi connectivity index (χ1) is 8.52. The Bertz CT molecular complexity index is 609. The van der Waals surface area contributed by atoms with Crippen molar-refractivity contribution >= 4 is 21.9 Å². The molecule has 0 amide bonds. The smallest absolute Gasteiger partial charge is 0.360 e. The van der Waals surface area contributed by atoms with Gasteiger partial charge in [0.05, 0.1) is 11.6 Å². The Morgan fingerprint density at radius 1 is 1.50 bits per heavy atom. The number of hydrogen-bond acceptors (Lipinski definition) is 4. The largest absolute Gasteiger partial charge is 0.464 e. The average Bonchev–Trinajstić information content (AvgIpc) is 2.74. The van der Waals surface area contributed by atoms with Gasteiger partial charge in [-0.1, -0.05) is 0 Å². The number of methoxy groups -OCH3 is 1. The van der Waals surface area contributed by atoms with E-state index in [4.69, 9.17) is 4.42 Å². The average molecular weight is 314 g/mol. The molecular weight excluding hydrogens is 305 g/mol. The standard InChI is InChI=1S/C12H9BrFNO3/c1-6-10(12(16)17-2)15-11(18-6)7-3-4-8(13)9(14)5-7/h3-5H,1-2H3. The maximum absolute atomic E-state index is 13.4. The van der Waals surface area contributed by atoms with Crippen molar-refractivity contribution in [1.29, 1.82) is 0 Å². The van der Waals surface area contributed by atoms with Crippen LogP contribution in [0.4, 0.5) is 4.39 Å². The van der Waals surface area contributed by atoms with Crippen molar-refractivity contribution in [3.63, 3.8) is 0 Å². The third kappa shape index (κ3) is 2.28. The minimum absolute atomic E-state index is 0.0934. The Hall–Kier alpha value is -1.69. The molecule has 0 aliphatic heterocycles. The second-order valence-corrected chi connectivity index (χ2v) is 4.40. The fourth-order valence-electron chi connectivity index (χ4n) is 1.44. The molecule has 0 fully saturated rings. The molecule has 1 aromatic carbocycles. The summed E-state index contributed by atoms with van der Waals surface area (Å²) < 4.78 is 23.6. The molecule has 18 heavy (non-hydrogen) atoms. The molecule has 0 saturated heterocycles. The number of ether oxygens (including phenoxy) is 1. The summed E-state index contributed by atoms with van der Waals surface area (Å²) in [6.45, 7) is 1.60. The van der Waals surface area contributed by atoms with E-state index in [2.05, 4.69) is 25.7 Å². The molecule has 0 unspecified atom stereocenters. The Kier molecular flexibility index (Phi) is 3.47. The summed E-state index contributed by atoms with van der Waals surface area (Å²) in [7, 11) is 1.26. The molecule has 1 heterocycles. The molecule has 0 radical (unpaired) electrons. The second-order valence-electron chi connectivity index (χ2n) is 3.54. The summed E-state index contributed by atoms with van der Waals surface area (Å²) in [6.07, 6.45) is 0. The molecular formula is C12H9BrFNO3. The first-order valence-corrected chi connectivity index (χ1v) is 5.83. The monoisotopic (exact) mass is 313 g/mol. The molecule has 0 N–H and O–H groups in total. The lowest BCUT2D eigenvalue weighted by molar-refractivity contribution is 0.0593. The SMILES string of the molecule is COC(=O)c1nc(-c2ccc(Br)c(F)c2)oc1C. The summed E-state index contributed by atoms with van der Waals surface area (Å²) in [5, 5.41) is 0. The second kappa shape index (κ2) is 4.89. The lowest BCUT2D eigenvalue weighted by atomic mass is 10.2. The Balaban J connectivity index is 2.45. The highest BCUT2D eigenvalue weighted by Crippen LogP contribution is 2.25. The first kappa shape index (κ1) is 12.8. The van der Waals surface area contributed by atoms with Gasteiger partial charge in [0.1, 0.15) is 11.6 Å². The summed E-state index contributed by atoms with van der Waals surface area (Å²) in [5.41, 5.74) is 0.546. The fourth-order valence-corrected chi connectivity index (χ4v) is 1.68. The summed E-state index contributed by atoms with van der Waals surface area (Å²) >= 11 is 3.06. The van der Waals surface area contributed by atoms with Gasteiger partial charge in [0.15, 0.2) is 5.69 Å². The predicted octanol–water partition coefficient (Wildman–Crippen LogP) is 3.34. The van der Waals surface area contributed by atoms with E-state index in [9.17, 15) is 9.18 Å². The molecule has 6 heteroatoms. The Morgan fingerprint density at radius 3 is 2.83 bits per heavy atom. The van der Waals surface area contributed by atoms with E-state index in [0.717, 1.165) is 0 Å². The van der Waals surface area contributed by atoms with Gasteiger partial charge >= 0.3 is 5.97 Å². The molecule has 2 aromatic rings. The van der Waals surface area contributed by atoms with Crippen molar-refractivity contribution in [2.75, 3.05) is 7.11 Å². The van der Waals surface area contributed by atoms with Crippen LogP contribution in [0.15, 0.2) is 27.1 Å². The van der Waals surface area contributed by atoms with Crippen molar-refractivity contribution in [2.24, 2.45) is 0 Å². The highest BCUT2D eigenvalue weighted by Gasteiger charge is 2.18. The summed E-state index contributed by atoms with van der Waals surface area (Å²) in [4.78, 5) is 15.4. The fraction of sp³-hybridized carbons (Fsp3) is 0.167. The number of carbonyl (C=O) groups is 1. The van der Waals surface area contributed by atoms with Crippen molar-refractivity contribution in [2.45, 2.75) is 6.92 Å². The van der Waals surface area contributed by atoms with Crippen LogP contribution < -0.4 is 0 Å². The predicted molar refractivity (Wildman–Crippen MR) is 65.7 cm³/mol. The summed E-state index contributed by atoms with van der Waals surface area (Å²) in [6, 6.07) is 4.46. The van der Waals surface area contributed by atoms with Crippen LogP contribution in [0.1, 0.15) is 16.2 Å². The van der Waals surface area contributed by atoms with E-state index in [0.29, 0.717) is 15.8 Å². The van der Waals surface area contributed by atoms with Crippen LogP contribution in [0.5, 0.6) is 0 Å². The van der Waals surface area contributed by atoms with Gasteiger partial charge < -0.3 is 9.15 Å². The summed E-state index contributed by atoms with van der Waals surface area (Å²) in [5.74, 6) is -0.498.